The van der Waals surface area contributed by atoms with Crippen LogP contribution in [0, 0.1) is 0 Å². The van der Waals surface area contributed by atoms with E-state index in [2.05, 4.69) is 31.2 Å². The summed E-state index contributed by atoms with van der Waals surface area (Å²) in [6.45, 7) is 17.6. The summed E-state index contributed by atoms with van der Waals surface area (Å²) < 4.78 is 13.2. The third-order valence-electron chi connectivity index (χ3n) is 6.78. The van der Waals surface area contributed by atoms with Gasteiger partial charge in [-0.1, -0.05) is 20.8 Å². The molecule has 39 heavy (non-hydrogen) atoms. The lowest BCUT2D eigenvalue weighted by Gasteiger charge is -2.44. The average molecular weight is 564 g/mol. The second kappa shape index (κ2) is 11.0. The number of anilines is 1. The molecule has 0 saturated heterocycles. The molecular weight excluding hydrogens is 522 g/mol. The van der Waals surface area contributed by atoms with Gasteiger partial charge in [-0.05, 0) is 64.0 Å². The van der Waals surface area contributed by atoms with Crippen LogP contribution in [-0.2, 0) is 24.4 Å². The molecule has 0 aliphatic rings. The summed E-state index contributed by atoms with van der Waals surface area (Å²) in [6.07, 6.45) is -0.688. The average Bonchev–Trinajstić information content (AvgIpc) is 3.13. The van der Waals surface area contributed by atoms with Gasteiger partial charge in [0.1, 0.15) is 12.1 Å². The maximum absolute atomic E-state index is 12.8. The number of carboxylic acids is 1. The third kappa shape index (κ3) is 7.35. The first kappa shape index (κ1) is 31.8. The van der Waals surface area contributed by atoms with Gasteiger partial charge in [0.2, 0.25) is 5.91 Å². The molecule has 0 fully saturated rings. The Morgan fingerprint density at radius 1 is 1.10 bits per heavy atom. The Balaban J connectivity index is 2.74. The summed E-state index contributed by atoms with van der Waals surface area (Å²) in [7, 11) is -2.38. The van der Waals surface area contributed by atoms with E-state index in [1.165, 1.54) is 17.7 Å². The highest BCUT2D eigenvalue weighted by Crippen LogP contribution is 2.39. The molecule has 0 saturated carbocycles. The molecule has 0 aliphatic heterocycles. The lowest BCUT2D eigenvalue weighted by atomic mass is 10.1. The number of fused-ring (bicyclic) bond motifs is 1. The van der Waals surface area contributed by atoms with Crippen molar-refractivity contribution in [2.75, 3.05) is 18.5 Å². The predicted octanol–water partition coefficient (Wildman–Crippen LogP) is 4.11. The van der Waals surface area contributed by atoms with Gasteiger partial charge in [-0.15, -0.1) is 0 Å². The summed E-state index contributed by atoms with van der Waals surface area (Å²) in [5.74, 6) is -2.58. The number of aliphatic carboxylic acids is 1. The molecule has 0 aliphatic carbocycles. The van der Waals surface area contributed by atoms with Gasteiger partial charge < -0.3 is 24.9 Å². The lowest BCUT2D eigenvalue weighted by Crippen LogP contribution is -2.58. The van der Waals surface area contributed by atoms with Gasteiger partial charge in [0, 0.05) is 18.0 Å². The number of nitrogens with zero attached hydrogens (tertiary/aromatic N) is 3. The highest BCUT2D eigenvalue weighted by atomic mass is 28.4. The Morgan fingerprint density at radius 2 is 1.69 bits per heavy atom. The smallest absolute Gasteiger partial charge is 0.412 e. The van der Waals surface area contributed by atoms with Crippen molar-refractivity contribution in [2.45, 2.75) is 84.8 Å². The SMILES string of the molecule is CC(=O)N(CC(=O)O)[C@](C)(CO[Si](C)(C)C(C)(C)C)n1nc(C(N)=O)c2cc(NC(=O)OC(C)(C)C)ccc21. The van der Waals surface area contributed by atoms with E-state index in [0.717, 1.165) is 4.90 Å². The van der Waals surface area contributed by atoms with E-state index < -0.39 is 50.0 Å². The third-order valence-corrected chi connectivity index (χ3v) is 11.3. The van der Waals surface area contributed by atoms with Crippen LogP contribution in [-0.4, -0.2) is 70.7 Å². The van der Waals surface area contributed by atoms with Crippen LogP contribution in [0.2, 0.25) is 18.1 Å². The lowest BCUT2D eigenvalue weighted by molar-refractivity contribution is -0.153. The maximum Gasteiger partial charge on any atom is 0.412 e. The van der Waals surface area contributed by atoms with Crippen LogP contribution in [0.1, 0.15) is 65.9 Å². The topological polar surface area (TPSA) is 166 Å². The molecule has 3 amide bonds. The van der Waals surface area contributed by atoms with E-state index in [-0.39, 0.29) is 17.3 Å². The number of hydrogen-bond acceptors (Lipinski definition) is 7. The van der Waals surface area contributed by atoms with E-state index in [9.17, 15) is 24.3 Å². The van der Waals surface area contributed by atoms with Gasteiger partial charge in [0.05, 0.1) is 12.1 Å². The summed E-state index contributed by atoms with van der Waals surface area (Å²) in [6, 6.07) is 4.71. The van der Waals surface area contributed by atoms with E-state index >= 15 is 0 Å². The Labute approximate surface area is 229 Å². The first-order valence-electron chi connectivity index (χ1n) is 12.6. The molecule has 2 rings (SSSR count). The second-order valence-corrected chi connectivity index (χ2v) is 17.1. The largest absolute Gasteiger partial charge is 0.480 e. The molecule has 216 valence electrons. The first-order valence-corrected chi connectivity index (χ1v) is 15.5. The molecular formula is C26H41N5O7Si. The van der Waals surface area contributed by atoms with Crippen LogP contribution in [0.5, 0.6) is 0 Å². The molecule has 1 aromatic heterocycles. The fourth-order valence-electron chi connectivity index (χ4n) is 3.71. The molecule has 0 spiro atoms. The molecule has 0 radical (unpaired) electrons. The van der Waals surface area contributed by atoms with Gasteiger partial charge in [0.25, 0.3) is 5.91 Å². The zero-order valence-electron chi connectivity index (χ0n) is 24.5. The van der Waals surface area contributed by atoms with E-state index in [4.69, 9.17) is 14.9 Å². The van der Waals surface area contributed by atoms with Crippen molar-refractivity contribution in [1.82, 2.24) is 14.7 Å². The van der Waals surface area contributed by atoms with Crippen molar-refractivity contribution in [2.24, 2.45) is 5.73 Å². The van der Waals surface area contributed by atoms with E-state index in [0.29, 0.717) is 16.6 Å². The van der Waals surface area contributed by atoms with Crippen molar-refractivity contribution >= 4 is 48.8 Å². The number of aromatic nitrogens is 2. The number of primary amides is 1. The van der Waals surface area contributed by atoms with Crippen LogP contribution < -0.4 is 11.1 Å². The van der Waals surface area contributed by atoms with Gasteiger partial charge in [0.15, 0.2) is 19.7 Å². The molecule has 2 aromatic rings. The van der Waals surface area contributed by atoms with Gasteiger partial charge in [-0.25, -0.2) is 9.48 Å². The maximum atomic E-state index is 12.8. The number of nitrogens with one attached hydrogen (secondary N) is 1. The molecule has 4 N–H and O–H groups in total. The number of carbonyl (C=O) groups excluding carboxylic acids is 3. The monoisotopic (exact) mass is 563 g/mol. The van der Waals surface area contributed by atoms with Gasteiger partial charge in [-0.2, -0.15) is 5.10 Å². The first-order chi connectivity index (χ1) is 17.6. The molecule has 1 aromatic carbocycles. The predicted molar refractivity (Wildman–Crippen MR) is 150 cm³/mol. The minimum atomic E-state index is -2.38. The highest BCUT2D eigenvalue weighted by Gasteiger charge is 2.44. The van der Waals surface area contributed by atoms with Crippen molar-refractivity contribution in [3.63, 3.8) is 0 Å². The Morgan fingerprint density at radius 3 is 2.15 bits per heavy atom. The van der Waals surface area contributed by atoms with Crippen LogP contribution in [0.25, 0.3) is 10.9 Å². The van der Waals surface area contributed by atoms with Gasteiger partial charge >= 0.3 is 12.1 Å². The Hall–Kier alpha value is -3.45. The summed E-state index contributed by atoms with van der Waals surface area (Å²) in [5.41, 5.74) is 4.09. The normalized spacial score (nSPS) is 14.0. The van der Waals surface area contributed by atoms with Crippen molar-refractivity contribution in [3.05, 3.63) is 23.9 Å². The Bertz CT molecular complexity index is 1280. The summed E-state index contributed by atoms with van der Waals surface area (Å²) in [5, 5.41) is 16.8. The minimum Gasteiger partial charge on any atom is -0.480 e. The zero-order chi connectivity index (χ0) is 30.1. The molecule has 13 heteroatoms. The zero-order valence-corrected chi connectivity index (χ0v) is 25.5. The fraction of sp³-hybridized carbons (Fsp3) is 0.577. The standard InChI is InChI=1S/C26H41N5O7Si/c1-16(32)30(14-20(33)34)26(8,15-37-39(9,10)25(5,6)7)31-19-12-11-17(28-23(36)38-24(2,3)4)13-18(19)21(29-31)22(27)35/h11-13H,14-15H2,1-10H3,(H2,27,35)(H,28,36)(H,33,34)/t26-/m0/s1. The molecule has 0 unspecified atom stereocenters. The molecule has 1 heterocycles. The molecule has 12 nitrogen and oxygen atoms in total. The quantitative estimate of drug-likeness (QED) is 0.383. The van der Waals surface area contributed by atoms with E-state index in [1.807, 2.05) is 13.1 Å². The number of rotatable bonds is 9. The number of amides is 3. The number of ether oxygens (including phenoxy) is 1. The van der Waals surface area contributed by atoms with Gasteiger partial charge in [-0.3, -0.25) is 19.7 Å². The van der Waals surface area contributed by atoms with Crippen molar-refractivity contribution in [3.8, 4) is 0 Å². The van der Waals surface area contributed by atoms with E-state index in [1.54, 1.807) is 39.8 Å². The molecule has 0 bridgehead atoms. The van der Waals surface area contributed by atoms with Crippen LogP contribution in [0.3, 0.4) is 0 Å². The highest BCUT2D eigenvalue weighted by molar-refractivity contribution is 6.74. The van der Waals surface area contributed by atoms with Crippen LogP contribution >= 0.6 is 0 Å². The molecule has 1 atom stereocenters. The summed E-state index contributed by atoms with van der Waals surface area (Å²) in [4.78, 5) is 50.5. The number of carbonyl (C=O) groups is 4. The number of nitrogens with two attached hydrogens (primary N) is 1. The number of benzene rings is 1. The number of carboxylic acid groups (broad SMARTS) is 1. The van der Waals surface area contributed by atoms with Crippen LogP contribution in [0.4, 0.5) is 10.5 Å². The number of hydrogen-bond donors (Lipinski definition) is 3. The second-order valence-electron chi connectivity index (χ2n) is 12.2. The van der Waals surface area contributed by atoms with Crippen molar-refractivity contribution < 1.29 is 33.4 Å². The Kier molecular flexibility index (Phi) is 8.93. The fourth-order valence-corrected chi connectivity index (χ4v) is 4.78. The summed E-state index contributed by atoms with van der Waals surface area (Å²) >= 11 is 0. The minimum absolute atomic E-state index is 0.0940. The van der Waals surface area contributed by atoms with Crippen LogP contribution in [0.15, 0.2) is 18.2 Å². The van der Waals surface area contributed by atoms with Crippen molar-refractivity contribution in [1.29, 1.82) is 0 Å².